The topological polar surface area (TPSA) is 12.5 Å². The van der Waals surface area contributed by atoms with Crippen LogP contribution in [0.2, 0.25) is 0 Å². The molecule has 2 nitrogen and oxygen atoms in total. The molecule has 0 aromatic carbocycles. The lowest BCUT2D eigenvalue weighted by Gasteiger charge is -2.30. The maximum absolute atomic E-state index is 5.35. The summed E-state index contributed by atoms with van der Waals surface area (Å²) in [6.07, 6.45) is 2.57. The smallest absolute Gasteiger partial charge is 0.0622 e. The van der Waals surface area contributed by atoms with E-state index in [4.69, 9.17) is 4.74 Å². The van der Waals surface area contributed by atoms with E-state index in [9.17, 15) is 0 Å². The maximum Gasteiger partial charge on any atom is 0.0622 e. The Labute approximate surface area is 55.8 Å². The van der Waals surface area contributed by atoms with Crippen LogP contribution in [-0.2, 0) is 4.74 Å². The first-order chi connectivity index (χ1) is 4.38. The molecule has 2 aliphatic rings. The highest BCUT2D eigenvalue weighted by molar-refractivity contribution is 4.90. The van der Waals surface area contributed by atoms with E-state index in [1.165, 1.54) is 12.8 Å². The third-order valence-corrected chi connectivity index (χ3v) is 2.39. The van der Waals surface area contributed by atoms with E-state index in [0.717, 1.165) is 13.2 Å². The van der Waals surface area contributed by atoms with Gasteiger partial charge in [-0.3, -0.25) is 4.90 Å². The van der Waals surface area contributed by atoms with Crippen molar-refractivity contribution in [2.75, 3.05) is 13.2 Å². The Bertz CT molecular complexity index is 99.5. The van der Waals surface area contributed by atoms with Crippen molar-refractivity contribution in [2.45, 2.75) is 24.9 Å². The normalized spacial score (nSPS) is 43.7. The van der Waals surface area contributed by atoms with Crippen LogP contribution in [0.3, 0.4) is 0 Å². The van der Waals surface area contributed by atoms with Gasteiger partial charge in [0.25, 0.3) is 0 Å². The fourth-order valence-corrected chi connectivity index (χ4v) is 1.71. The minimum Gasteiger partial charge on any atom is -0.378 e. The first kappa shape index (κ1) is 5.69. The molecule has 2 atom stereocenters. The summed E-state index contributed by atoms with van der Waals surface area (Å²) >= 11 is 0. The van der Waals surface area contributed by atoms with Crippen molar-refractivity contribution >= 4 is 0 Å². The van der Waals surface area contributed by atoms with Crippen LogP contribution in [0.5, 0.6) is 0 Å². The SMILES string of the molecule is [CH2]N1C2CCC1COC2. The third kappa shape index (κ3) is 0.775. The highest BCUT2D eigenvalue weighted by Gasteiger charge is 2.34. The van der Waals surface area contributed by atoms with E-state index in [1.54, 1.807) is 0 Å². The van der Waals surface area contributed by atoms with Gasteiger partial charge in [-0.05, 0) is 12.8 Å². The summed E-state index contributed by atoms with van der Waals surface area (Å²) in [4.78, 5) is 2.21. The number of nitrogens with zero attached hydrogens (tertiary/aromatic N) is 1. The highest BCUT2D eigenvalue weighted by Crippen LogP contribution is 2.26. The van der Waals surface area contributed by atoms with Crippen LogP contribution in [-0.4, -0.2) is 30.2 Å². The van der Waals surface area contributed by atoms with Crippen LogP contribution in [0.1, 0.15) is 12.8 Å². The molecule has 2 saturated heterocycles. The lowest BCUT2D eigenvalue weighted by atomic mass is 10.2. The van der Waals surface area contributed by atoms with Crippen molar-refractivity contribution in [1.82, 2.24) is 4.90 Å². The summed E-state index contributed by atoms with van der Waals surface area (Å²) in [6.45, 7) is 1.81. The van der Waals surface area contributed by atoms with Gasteiger partial charge in [-0.1, -0.05) is 0 Å². The molecular weight excluding hydrogens is 114 g/mol. The van der Waals surface area contributed by atoms with E-state index >= 15 is 0 Å². The van der Waals surface area contributed by atoms with E-state index in [2.05, 4.69) is 11.9 Å². The summed E-state index contributed by atoms with van der Waals surface area (Å²) in [5.41, 5.74) is 0. The monoisotopic (exact) mass is 126 g/mol. The Morgan fingerprint density at radius 3 is 2.22 bits per heavy atom. The van der Waals surface area contributed by atoms with Crippen LogP contribution in [0.25, 0.3) is 0 Å². The zero-order valence-corrected chi connectivity index (χ0v) is 5.55. The first-order valence-electron chi connectivity index (χ1n) is 3.54. The number of hydrogen-bond acceptors (Lipinski definition) is 2. The van der Waals surface area contributed by atoms with Gasteiger partial charge in [-0.15, -0.1) is 0 Å². The Kier molecular flexibility index (Phi) is 1.24. The van der Waals surface area contributed by atoms with Crippen LogP contribution < -0.4 is 0 Å². The van der Waals surface area contributed by atoms with E-state index in [1.807, 2.05) is 0 Å². The van der Waals surface area contributed by atoms with Crippen LogP contribution in [0, 0.1) is 7.05 Å². The van der Waals surface area contributed by atoms with Crippen molar-refractivity contribution in [3.8, 4) is 0 Å². The van der Waals surface area contributed by atoms with Crippen molar-refractivity contribution in [1.29, 1.82) is 0 Å². The number of ether oxygens (including phenoxy) is 1. The lowest BCUT2D eigenvalue weighted by molar-refractivity contribution is 0.00832. The molecule has 0 aliphatic carbocycles. The standard InChI is InChI=1S/C7H12NO/c1-8-6-2-3-7(8)5-9-4-6/h6-7H,1-5H2. The van der Waals surface area contributed by atoms with Gasteiger partial charge >= 0.3 is 0 Å². The largest absolute Gasteiger partial charge is 0.378 e. The van der Waals surface area contributed by atoms with Gasteiger partial charge in [0.1, 0.15) is 0 Å². The molecule has 0 saturated carbocycles. The second kappa shape index (κ2) is 1.96. The zero-order valence-electron chi connectivity index (χ0n) is 5.55. The molecule has 2 heteroatoms. The van der Waals surface area contributed by atoms with Crippen LogP contribution in [0.4, 0.5) is 0 Å². The van der Waals surface area contributed by atoms with E-state index in [0.29, 0.717) is 12.1 Å². The molecule has 0 spiro atoms. The van der Waals surface area contributed by atoms with E-state index < -0.39 is 0 Å². The molecule has 0 aromatic rings. The molecule has 0 amide bonds. The second-order valence-electron chi connectivity index (χ2n) is 2.94. The van der Waals surface area contributed by atoms with Crippen molar-refractivity contribution in [3.05, 3.63) is 7.05 Å². The second-order valence-corrected chi connectivity index (χ2v) is 2.94. The minimum absolute atomic E-state index is 0.628. The molecule has 2 rings (SSSR count). The molecule has 2 fully saturated rings. The highest BCUT2D eigenvalue weighted by atomic mass is 16.5. The van der Waals surface area contributed by atoms with Gasteiger partial charge in [-0.25, -0.2) is 0 Å². The molecular formula is C7H12NO. The van der Waals surface area contributed by atoms with Gasteiger partial charge < -0.3 is 4.74 Å². The molecule has 51 valence electrons. The first-order valence-corrected chi connectivity index (χ1v) is 3.54. The molecule has 2 heterocycles. The molecule has 9 heavy (non-hydrogen) atoms. The molecule has 0 aromatic heterocycles. The van der Waals surface area contributed by atoms with Gasteiger partial charge in [0.15, 0.2) is 0 Å². The predicted molar refractivity (Wildman–Crippen MR) is 34.8 cm³/mol. The average molecular weight is 126 g/mol. The Morgan fingerprint density at radius 2 is 1.78 bits per heavy atom. The predicted octanol–water partition coefficient (Wildman–Crippen LogP) is 0.641. The van der Waals surface area contributed by atoms with Gasteiger partial charge in [0, 0.05) is 19.1 Å². The molecule has 0 N–H and O–H groups in total. The van der Waals surface area contributed by atoms with Gasteiger partial charge in [-0.2, -0.15) is 0 Å². The average Bonchev–Trinajstić information content (AvgIpc) is 2.19. The number of morpholine rings is 1. The summed E-state index contributed by atoms with van der Waals surface area (Å²) in [7, 11) is 3.98. The lowest BCUT2D eigenvalue weighted by Crippen LogP contribution is -2.41. The van der Waals surface area contributed by atoms with E-state index in [-0.39, 0.29) is 0 Å². The third-order valence-electron chi connectivity index (χ3n) is 2.39. The Morgan fingerprint density at radius 1 is 1.22 bits per heavy atom. The van der Waals surface area contributed by atoms with Crippen LogP contribution >= 0.6 is 0 Å². The maximum atomic E-state index is 5.35. The fourth-order valence-electron chi connectivity index (χ4n) is 1.71. The van der Waals surface area contributed by atoms with Crippen molar-refractivity contribution < 1.29 is 4.74 Å². The summed E-state index contributed by atoms with van der Waals surface area (Å²) < 4.78 is 5.35. The molecule has 2 bridgehead atoms. The number of rotatable bonds is 0. The van der Waals surface area contributed by atoms with Crippen molar-refractivity contribution in [2.24, 2.45) is 0 Å². The van der Waals surface area contributed by atoms with Crippen LogP contribution in [0.15, 0.2) is 0 Å². The summed E-state index contributed by atoms with van der Waals surface area (Å²) in [6, 6.07) is 1.26. The summed E-state index contributed by atoms with van der Waals surface area (Å²) in [5, 5.41) is 0. The van der Waals surface area contributed by atoms with Crippen molar-refractivity contribution in [3.63, 3.8) is 0 Å². The van der Waals surface area contributed by atoms with Gasteiger partial charge in [0.2, 0.25) is 0 Å². The fraction of sp³-hybridized carbons (Fsp3) is 0.857. The van der Waals surface area contributed by atoms with Gasteiger partial charge in [0.05, 0.1) is 13.2 Å². The molecule has 2 aliphatic heterocycles. The Hall–Kier alpha value is -0.0800. The number of fused-ring (bicyclic) bond motifs is 2. The molecule has 2 unspecified atom stereocenters. The zero-order chi connectivity index (χ0) is 6.27. The summed E-state index contributed by atoms with van der Waals surface area (Å²) in [5.74, 6) is 0. The molecule has 1 radical (unpaired) electrons. The Balaban J connectivity index is 2.10. The minimum atomic E-state index is 0.628. The quantitative estimate of drug-likeness (QED) is 0.472. The number of hydrogen-bond donors (Lipinski definition) is 0.